The molecule has 2 aromatic rings. The van der Waals surface area contributed by atoms with E-state index in [4.69, 9.17) is 4.74 Å². The molecule has 0 fully saturated rings. The number of nitrogens with zero attached hydrogens (tertiary/aromatic N) is 2. The Morgan fingerprint density at radius 1 is 1.28 bits per heavy atom. The number of esters is 1. The van der Waals surface area contributed by atoms with Crippen molar-refractivity contribution in [2.45, 2.75) is 13.8 Å². The number of pyridine rings is 2. The van der Waals surface area contributed by atoms with E-state index in [0.717, 1.165) is 16.8 Å². The van der Waals surface area contributed by atoms with Gasteiger partial charge in [-0.15, -0.1) is 0 Å². The molecule has 0 atom stereocenters. The monoisotopic (exact) mass is 242 g/mol. The van der Waals surface area contributed by atoms with Crippen LogP contribution in [0.4, 0.5) is 0 Å². The predicted molar refractivity (Wildman–Crippen MR) is 68.2 cm³/mol. The second-order valence-corrected chi connectivity index (χ2v) is 3.81. The molecule has 2 heterocycles. The van der Waals surface area contributed by atoms with Crippen molar-refractivity contribution in [3.8, 4) is 11.1 Å². The van der Waals surface area contributed by atoms with Gasteiger partial charge in [0, 0.05) is 29.2 Å². The topological polar surface area (TPSA) is 52.1 Å². The number of hydrogen-bond donors (Lipinski definition) is 0. The molecule has 0 saturated carbocycles. The van der Waals surface area contributed by atoms with E-state index in [-0.39, 0.29) is 0 Å². The highest BCUT2D eigenvalue weighted by Crippen LogP contribution is 2.22. The van der Waals surface area contributed by atoms with Crippen molar-refractivity contribution < 1.29 is 9.53 Å². The lowest BCUT2D eigenvalue weighted by atomic mass is 10.1. The average molecular weight is 242 g/mol. The Bertz CT molecular complexity index is 550. The first-order valence-corrected chi connectivity index (χ1v) is 5.77. The molecule has 4 nitrogen and oxygen atoms in total. The molecule has 2 rings (SSSR count). The van der Waals surface area contributed by atoms with E-state index < -0.39 is 5.97 Å². The Morgan fingerprint density at radius 3 is 2.78 bits per heavy atom. The fraction of sp³-hybridized carbons (Fsp3) is 0.214. The fourth-order valence-corrected chi connectivity index (χ4v) is 1.63. The average Bonchev–Trinajstić information content (AvgIpc) is 2.40. The van der Waals surface area contributed by atoms with Crippen LogP contribution in [0.15, 0.2) is 36.7 Å². The summed E-state index contributed by atoms with van der Waals surface area (Å²) in [6.07, 6.45) is 3.31. The molecule has 0 aliphatic rings. The number of ether oxygens (including phenoxy) is 1. The van der Waals surface area contributed by atoms with Crippen molar-refractivity contribution >= 4 is 5.97 Å². The zero-order valence-corrected chi connectivity index (χ0v) is 10.4. The predicted octanol–water partition coefficient (Wildman–Crippen LogP) is 2.63. The van der Waals surface area contributed by atoms with Gasteiger partial charge in [-0.25, -0.2) is 9.78 Å². The van der Waals surface area contributed by atoms with Gasteiger partial charge < -0.3 is 4.74 Å². The first-order chi connectivity index (χ1) is 8.72. The van der Waals surface area contributed by atoms with E-state index in [1.807, 2.05) is 25.1 Å². The molecule has 0 spiro atoms. The van der Waals surface area contributed by atoms with Gasteiger partial charge in [0.05, 0.1) is 6.61 Å². The summed E-state index contributed by atoms with van der Waals surface area (Å²) in [6, 6.07) is 7.45. The van der Waals surface area contributed by atoms with Gasteiger partial charge >= 0.3 is 5.97 Å². The molecule has 92 valence electrons. The van der Waals surface area contributed by atoms with Crippen molar-refractivity contribution in [2.24, 2.45) is 0 Å². The second kappa shape index (κ2) is 5.40. The minimum absolute atomic E-state index is 0.324. The molecule has 0 aliphatic heterocycles. The van der Waals surface area contributed by atoms with E-state index in [2.05, 4.69) is 9.97 Å². The lowest BCUT2D eigenvalue weighted by Gasteiger charge is -2.07. The number of rotatable bonds is 3. The maximum Gasteiger partial charge on any atom is 0.357 e. The van der Waals surface area contributed by atoms with Crippen LogP contribution in [0.25, 0.3) is 11.1 Å². The van der Waals surface area contributed by atoms with Crippen LogP contribution in [0.2, 0.25) is 0 Å². The Labute approximate surface area is 106 Å². The fourth-order valence-electron chi connectivity index (χ4n) is 1.63. The molecule has 0 aromatic carbocycles. The number of aryl methyl sites for hydroxylation is 1. The van der Waals surface area contributed by atoms with Crippen molar-refractivity contribution in [1.29, 1.82) is 0 Å². The highest BCUT2D eigenvalue weighted by atomic mass is 16.5. The van der Waals surface area contributed by atoms with Gasteiger partial charge in [0.1, 0.15) is 0 Å². The number of carbonyl (C=O) groups excluding carboxylic acids is 1. The van der Waals surface area contributed by atoms with Gasteiger partial charge in [-0.2, -0.15) is 0 Å². The first-order valence-electron chi connectivity index (χ1n) is 5.77. The van der Waals surface area contributed by atoms with Gasteiger partial charge in [-0.1, -0.05) is 12.1 Å². The van der Waals surface area contributed by atoms with Crippen LogP contribution < -0.4 is 0 Å². The van der Waals surface area contributed by atoms with E-state index >= 15 is 0 Å². The van der Waals surface area contributed by atoms with Gasteiger partial charge in [0.2, 0.25) is 0 Å². The second-order valence-electron chi connectivity index (χ2n) is 3.81. The largest absolute Gasteiger partial charge is 0.461 e. The zero-order chi connectivity index (χ0) is 13.0. The standard InChI is InChI=1S/C14H14N2O2/c1-3-18-14(17)13-12(5-4-8-15-13)11-7-6-10(2)16-9-11/h4-9H,3H2,1-2H3. The molecule has 0 amide bonds. The SMILES string of the molecule is CCOC(=O)c1ncccc1-c1ccc(C)nc1. The maximum atomic E-state index is 11.8. The van der Waals surface area contributed by atoms with Crippen molar-refractivity contribution in [2.75, 3.05) is 6.61 Å². The molecular weight excluding hydrogens is 228 g/mol. The third-order valence-corrected chi connectivity index (χ3v) is 2.50. The molecule has 18 heavy (non-hydrogen) atoms. The van der Waals surface area contributed by atoms with Crippen LogP contribution in [0.5, 0.6) is 0 Å². The van der Waals surface area contributed by atoms with Crippen molar-refractivity contribution in [3.63, 3.8) is 0 Å². The molecule has 0 aliphatic carbocycles. The summed E-state index contributed by atoms with van der Waals surface area (Å²) in [5.74, 6) is -0.409. The highest BCUT2D eigenvalue weighted by molar-refractivity contribution is 5.95. The lowest BCUT2D eigenvalue weighted by Crippen LogP contribution is -2.08. The van der Waals surface area contributed by atoms with Gasteiger partial charge in [0.25, 0.3) is 0 Å². The summed E-state index contributed by atoms with van der Waals surface area (Å²) < 4.78 is 4.99. The maximum absolute atomic E-state index is 11.8. The zero-order valence-electron chi connectivity index (χ0n) is 10.4. The molecule has 0 unspecified atom stereocenters. The van der Waals surface area contributed by atoms with Gasteiger partial charge in [-0.3, -0.25) is 4.98 Å². The minimum Gasteiger partial charge on any atom is -0.461 e. The molecule has 0 N–H and O–H groups in total. The molecule has 0 saturated heterocycles. The molecule has 2 aromatic heterocycles. The Balaban J connectivity index is 2.44. The normalized spacial score (nSPS) is 10.1. The van der Waals surface area contributed by atoms with Crippen LogP contribution in [-0.4, -0.2) is 22.5 Å². The Hall–Kier alpha value is -2.23. The van der Waals surface area contributed by atoms with E-state index in [9.17, 15) is 4.79 Å². The smallest absolute Gasteiger partial charge is 0.357 e. The van der Waals surface area contributed by atoms with Crippen molar-refractivity contribution in [1.82, 2.24) is 9.97 Å². The van der Waals surface area contributed by atoms with E-state index in [0.29, 0.717) is 12.3 Å². The summed E-state index contributed by atoms with van der Waals surface area (Å²) >= 11 is 0. The van der Waals surface area contributed by atoms with Crippen LogP contribution in [0.1, 0.15) is 23.1 Å². The number of aromatic nitrogens is 2. The molecule has 4 heteroatoms. The Kier molecular flexibility index (Phi) is 3.67. The summed E-state index contributed by atoms with van der Waals surface area (Å²) in [4.78, 5) is 20.1. The summed E-state index contributed by atoms with van der Waals surface area (Å²) in [7, 11) is 0. The quantitative estimate of drug-likeness (QED) is 0.776. The Morgan fingerprint density at radius 2 is 2.11 bits per heavy atom. The van der Waals surface area contributed by atoms with Crippen LogP contribution >= 0.6 is 0 Å². The molecular formula is C14H14N2O2. The van der Waals surface area contributed by atoms with E-state index in [1.165, 1.54) is 0 Å². The van der Waals surface area contributed by atoms with Crippen LogP contribution in [0, 0.1) is 6.92 Å². The third-order valence-electron chi connectivity index (χ3n) is 2.50. The van der Waals surface area contributed by atoms with E-state index in [1.54, 1.807) is 25.4 Å². The van der Waals surface area contributed by atoms with Crippen LogP contribution in [0.3, 0.4) is 0 Å². The summed E-state index contributed by atoms with van der Waals surface area (Å²) in [5, 5.41) is 0. The highest BCUT2D eigenvalue weighted by Gasteiger charge is 2.14. The molecule has 0 bridgehead atoms. The first kappa shape index (κ1) is 12.2. The van der Waals surface area contributed by atoms with Crippen molar-refractivity contribution in [3.05, 3.63) is 48.0 Å². The summed E-state index contributed by atoms with van der Waals surface area (Å²) in [6.45, 7) is 4.02. The van der Waals surface area contributed by atoms with Gasteiger partial charge in [-0.05, 0) is 26.0 Å². The molecule has 0 radical (unpaired) electrons. The number of hydrogen-bond acceptors (Lipinski definition) is 4. The number of carbonyl (C=O) groups is 1. The van der Waals surface area contributed by atoms with Crippen LogP contribution in [-0.2, 0) is 4.74 Å². The summed E-state index contributed by atoms with van der Waals surface area (Å²) in [5.41, 5.74) is 2.85. The minimum atomic E-state index is -0.409. The van der Waals surface area contributed by atoms with Gasteiger partial charge in [0.15, 0.2) is 5.69 Å². The third kappa shape index (κ3) is 2.53. The lowest BCUT2D eigenvalue weighted by molar-refractivity contribution is 0.0520.